The van der Waals surface area contributed by atoms with Crippen molar-refractivity contribution >= 4 is 0 Å². The van der Waals surface area contributed by atoms with Crippen LogP contribution in [0.1, 0.15) is 6.92 Å². The lowest BCUT2D eigenvalue weighted by molar-refractivity contribution is -0.391. The molecule has 5 aliphatic heterocycles. The molecular weight excluding hydrogens is 906 g/mol. The van der Waals surface area contributed by atoms with Gasteiger partial charge in [0.1, 0.15) is 128 Å². The quantitative estimate of drug-likeness (QED) is 0.0678. The largest absolute Gasteiger partial charge is 0.394 e. The lowest BCUT2D eigenvalue weighted by Crippen LogP contribution is -2.69. The highest BCUT2D eigenvalue weighted by Crippen LogP contribution is 2.36. The molecule has 66 heavy (non-hydrogen) atoms. The van der Waals surface area contributed by atoms with Gasteiger partial charge in [-0.25, -0.2) is 0 Å². The summed E-state index contributed by atoms with van der Waals surface area (Å²) in [5.41, 5.74) is -0.0209. The molecule has 6 rings (SSSR count). The summed E-state index contributed by atoms with van der Waals surface area (Å²) in [5.74, 6) is 0. The van der Waals surface area contributed by atoms with Crippen molar-refractivity contribution in [1.82, 2.24) is 5.32 Å². The van der Waals surface area contributed by atoms with Crippen LogP contribution < -0.4 is 5.32 Å². The molecule has 0 aromatic rings. The van der Waals surface area contributed by atoms with E-state index in [0.717, 1.165) is 0 Å². The van der Waals surface area contributed by atoms with Gasteiger partial charge in [0.05, 0.1) is 51.2 Å². The van der Waals surface area contributed by atoms with Crippen LogP contribution in [-0.2, 0) is 42.6 Å². The number of hydrogen-bond acceptors (Lipinski definition) is 29. The first-order chi connectivity index (χ1) is 31.2. The number of aliphatic hydroxyl groups is 19. The van der Waals surface area contributed by atoms with Crippen molar-refractivity contribution in [3.63, 3.8) is 0 Å². The molecule has 0 saturated carbocycles. The van der Waals surface area contributed by atoms with Crippen LogP contribution in [0.25, 0.3) is 0 Å². The summed E-state index contributed by atoms with van der Waals surface area (Å²) in [6.45, 7) is -2.98. The van der Waals surface area contributed by atoms with Gasteiger partial charge >= 0.3 is 0 Å². The average Bonchev–Trinajstić information content (AvgIpc) is 3.30. The second-order valence-electron chi connectivity index (χ2n) is 17.0. The lowest BCUT2D eigenvalue weighted by atomic mass is 9.86. The Hall–Kier alpha value is -1.42. The summed E-state index contributed by atoms with van der Waals surface area (Å²) in [4.78, 5) is 0. The average molecular weight is 970 g/mol. The molecule has 384 valence electrons. The Kier molecular flexibility index (Phi) is 18.6. The summed E-state index contributed by atoms with van der Waals surface area (Å²) < 4.78 is 50.2. The Bertz CT molecular complexity index is 1550. The van der Waals surface area contributed by atoms with Crippen LogP contribution in [0.3, 0.4) is 0 Å². The predicted molar refractivity (Wildman–Crippen MR) is 203 cm³/mol. The Morgan fingerprint density at radius 2 is 0.773 bits per heavy atom. The van der Waals surface area contributed by atoms with Crippen molar-refractivity contribution in [1.29, 1.82) is 0 Å². The van der Waals surface area contributed by atoms with E-state index in [0.29, 0.717) is 0 Å². The Labute approximate surface area is 374 Å². The van der Waals surface area contributed by atoms with Gasteiger partial charge in [0.25, 0.3) is 0 Å². The number of ether oxygens (including phenoxy) is 9. The summed E-state index contributed by atoms with van der Waals surface area (Å²) >= 11 is 0. The summed E-state index contributed by atoms with van der Waals surface area (Å²) in [5, 5.41) is 202. The van der Waals surface area contributed by atoms with Gasteiger partial charge in [-0.1, -0.05) is 6.08 Å². The molecule has 29 nitrogen and oxygen atoms in total. The minimum Gasteiger partial charge on any atom is -0.394 e. The first-order valence-corrected chi connectivity index (χ1v) is 21.2. The smallest absolute Gasteiger partial charge is 0.187 e. The van der Waals surface area contributed by atoms with E-state index in [1.807, 2.05) is 0 Å². The number of aliphatic hydroxyl groups excluding tert-OH is 19. The van der Waals surface area contributed by atoms with Crippen molar-refractivity contribution in [3.05, 3.63) is 11.6 Å². The van der Waals surface area contributed by atoms with E-state index in [1.165, 1.54) is 13.0 Å². The van der Waals surface area contributed by atoms with Gasteiger partial charge in [-0.05, 0) is 12.5 Å². The standard InChI is InChI=1S/C37H63NO28/c1-8-15(38-10-2-9(3-39)16(44)19(47)17(10)45)18(46)25(53)34(58-8)63-30-12(5-41)60-36(26(54)21(30)49)65-32-14(7-43)62-37(28(56)23(32)51)66-31-13(6-42)61-35(27(55)22(31)50)64-29-11(4-40)59-33(57)24(52)20(29)48/h2,8,10-57H,3-7H2,1H3. The molecule has 0 amide bonds. The summed E-state index contributed by atoms with van der Waals surface area (Å²) in [6, 6.07) is -2.31. The predicted octanol–water partition coefficient (Wildman–Crippen LogP) is -12.9. The maximum Gasteiger partial charge on any atom is 0.187 e. The zero-order valence-corrected chi connectivity index (χ0v) is 35.0. The fourth-order valence-corrected chi connectivity index (χ4v) is 8.79. The fourth-order valence-electron chi connectivity index (χ4n) is 8.79. The normalized spacial score (nSPS) is 52.8. The maximum atomic E-state index is 11.2. The highest BCUT2D eigenvalue weighted by Gasteiger charge is 2.56. The fraction of sp³-hybridized carbons (Fsp3) is 0.946. The molecule has 0 radical (unpaired) electrons. The van der Waals surface area contributed by atoms with E-state index in [2.05, 4.69) is 5.32 Å². The van der Waals surface area contributed by atoms with E-state index < -0.39 is 211 Å². The van der Waals surface area contributed by atoms with Crippen LogP contribution in [0.5, 0.6) is 0 Å². The zero-order valence-electron chi connectivity index (χ0n) is 35.0. The van der Waals surface area contributed by atoms with Crippen LogP contribution in [0, 0.1) is 0 Å². The Morgan fingerprint density at radius 1 is 0.424 bits per heavy atom. The first kappa shape index (κ1) is 53.9. The number of hydrogen-bond donors (Lipinski definition) is 20. The second kappa shape index (κ2) is 22.8. The third kappa shape index (κ3) is 10.7. The molecule has 29 atom stereocenters. The van der Waals surface area contributed by atoms with Gasteiger partial charge < -0.3 is 145 Å². The van der Waals surface area contributed by atoms with Crippen LogP contribution in [-0.4, -0.2) is 308 Å². The van der Waals surface area contributed by atoms with Gasteiger partial charge in [0, 0.05) is 0 Å². The van der Waals surface area contributed by atoms with Crippen molar-refractivity contribution in [2.24, 2.45) is 0 Å². The van der Waals surface area contributed by atoms with Crippen molar-refractivity contribution in [3.8, 4) is 0 Å². The topological polar surface area (TPSA) is 479 Å². The van der Waals surface area contributed by atoms with Crippen LogP contribution >= 0.6 is 0 Å². The van der Waals surface area contributed by atoms with Crippen LogP contribution in [0.2, 0.25) is 0 Å². The molecule has 6 aliphatic rings. The van der Waals surface area contributed by atoms with E-state index in [-0.39, 0.29) is 5.57 Å². The van der Waals surface area contributed by atoms with Gasteiger partial charge in [-0.2, -0.15) is 0 Å². The van der Waals surface area contributed by atoms with E-state index >= 15 is 0 Å². The molecule has 0 aromatic carbocycles. The highest BCUT2D eigenvalue weighted by molar-refractivity contribution is 5.22. The molecule has 29 heteroatoms. The van der Waals surface area contributed by atoms with Gasteiger partial charge in [-0.15, -0.1) is 0 Å². The van der Waals surface area contributed by atoms with Crippen molar-refractivity contribution in [2.75, 3.05) is 33.0 Å². The molecule has 0 spiro atoms. The Morgan fingerprint density at radius 3 is 1.15 bits per heavy atom. The van der Waals surface area contributed by atoms with Crippen LogP contribution in [0.4, 0.5) is 0 Å². The van der Waals surface area contributed by atoms with Gasteiger partial charge in [0.2, 0.25) is 0 Å². The third-order valence-electron chi connectivity index (χ3n) is 12.7. The number of nitrogens with one attached hydrogen (secondary N) is 1. The summed E-state index contributed by atoms with van der Waals surface area (Å²) in [6.07, 6.45) is -47.5. The molecule has 20 N–H and O–H groups in total. The molecule has 5 heterocycles. The van der Waals surface area contributed by atoms with Gasteiger partial charge in [-0.3, -0.25) is 0 Å². The molecule has 0 aromatic heterocycles. The SMILES string of the molecule is CC1OC(OC2C(CO)OC(OC3C(CO)OC(OC4C(CO)OC(OC5C(CO)OC(O)C(O)C5O)C(O)C4O)C(O)C3O)C(O)C2O)C(O)C(O)C1NC1C=C(CO)C(O)C(O)C1O. The first-order valence-electron chi connectivity index (χ1n) is 21.2. The minimum atomic E-state index is -2.14. The lowest BCUT2D eigenvalue weighted by Gasteiger charge is -2.49. The second-order valence-corrected chi connectivity index (χ2v) is 17.0. The molecular formula is C37H63NO28. The molecule has 29 unspecified atom stereocenters. The molecule has 1 aliphatic carbocycles. The minimum absolute atomic E-state index is 0.0209. The van der Waals surface area contributed by atoms with Gasteiger partial charge in [0.15, 0.2) is 31.5 Å². The molecule has 0 bridgehead atoms. The van der Waals surface area contributed by atoms with E-state index in [4.69, 9.17) is 42.6 Å². The Balaban J connectivity index is 1.06. The molecule has 5 fully saturated rings. The van der Waals surface area contributed by atoms with Crippen LogP contribution in [0.15, 0.2) is 11.6 Å². The van der Waals surface area contributed by atoms with Crippen molar-refractivity contribution in [2.45, 2.75) is 185 Å². The molecule has 5 saturated heterocycles. The zero-order chi connectivity index (χ0) is 48.6. The van der Waals surface area contributed by atoms with E-state index in [1.54, 1.807) is 0 Å². The number of rotatable bonds is 15. The summed E-state index contributed by atoms with van der Waals surface area (Å²) in [7, 11) is 0. The third-order valence-corrected chi connectivity index (χ3v) is 12.7. The van der Waals surface area contributed by atoms with E-state index in [9.17, 15) is 97.0 Å². The monoisotopic (exact) mass is 969 g/mol. The van der Waals surface area contributed by atoms with Crippen molar-refractivity contribution < 1.29 is 140 Å². The maximum absolute atomic E-state index is 11.2. The highest BCUT2D eigenvalue weighted by atomic mass is 16.8.